The Morgan fingerprint density at radius 1 is 1.47 bits per heavy atom. The maximum absolute atomic E-state index is 13.0. The quantitative estimate of drug-likeness (QED) is 0.785. The Bertz CT molecular complexity index is 338. The average molecular weight is 208 g/mol. The van der Waals surface area contributed by atoms with E-state index in [1.165, 1.54) is 5.56 Å². The summed E-state index contributed by atoms with van der Waals surface area (Å²) in [6.07, 6.45) is 0.989. The Balaban J connectivity index is 2.03. The van der Waals surface area contributed by atoms with E-state index < -0.39 is 0 Å². The minimum Gasteiger partial charge on any atom is -0.315 e. The van der Waals surface area contributed by atoms with Gasteiger partial charge in [-0.15, -0.1) is 0 Å². The first-order chi connectivity index (χ1) is 7.29. The molecule has 0 saturated heterocycles. The van der Waals surface area contributed by atoms with Gasteiger partial charge in [0.15, 0.2) is 0 Å². The van der Waals surface area contributed by atoms with E-state index in [-0.39, 0.29) is 5.82 Å². The molecule has 0 aliphatic carbocycles. The fourth-order valence-electron chi connectivity index (χ4n) is 2.01. The van der Waals surface area contributed by atoms with E-state index in [0.29, 0.717) is 6.04 Å². The van der Waals surface area contributed by atoms with Gasteiger partial charge in [0.1, 0.15) is 5.82 Å². The average Bonchev–Trinajstić information content (AvgIpc) is 2.26. The number of hydrogen-bond donors (Lipinski definition) is 2. The Kier molecular flexibility index (Phi) is 3.34. The molecule has 2 rings (SSSR count). The Hall–Kier alpha value is -0.930. The summed E-state index contributed by atoms with van der Waals surface area (Å²) in [7, 11) is 0. The standard InChI is InChI=1S/C12H17FN2/c1-2-14-8-12-6-9-3-4-11(13)5-10(9)7-15-12/h3-5,12,14-15H,2,6-8H2,1H3. The molecule has 1 aromatic carbocycles. The van der Waals surface area contributed by atoms with Crippen molar-refractivity contribution in [3.8, 4) is 0 Å². The van der Waals surface area contributed by atoms with E-state index in [4.69, 9.17) is 0 Å². The first kappa shape index (κ1) is 10.6. The van der Waals surface area contributed by atoms with Crippen LogP contribution in [0, 0.1) is 5.82 Å². The molecule has 2 N–H and O–H groups in total. The van der Waals surface area contributed by atoms with E-state index in [0.717, 1.165) is 31.6 Å². The van der Waals surface area contributed by atoms with Gasteiger partial charge in [0, 0.05) is 19.1 Å². The molecule has 0 aromatic heterocycles. The number of rotatable bonds is 3. The molecule has 0 spiro atoms. The third-order valence-corrected chi connectivity index (χ3v) is 2.86. The van der Waals surface area contributed by atoms with Crippen LogP contribution in [0.5, 0.6) is 0 Å². The summed E-state index contributed by atoms with van der Waals surface area (Å²) in [6.45, 7) is 4.86. The van der Waals surface area contributed by atoms with Crippen molar-refractivity contribution in [1.29, 1.82) is 0 Å². The summed E-state index contributed by atoms with van der Waals surface area (Å²) in [4.78, 5) is 0. The molecule has 82 valence electrons. The minimum absolute atomic E-state index is 0.138. The summed E-state index contributed by atoms with van der Waals surface area (Å²) in [5.41, 5.74) is 2.38. The highest BCUT2D eigenvalue weighted by atomic mass is 19.1. The van der Waals surface area contributed by atoms with Crippen molar-refractivity contribution in [2.45, 2.75) is 25.9 Å². The third kappa shape index (κ3) is 2.55. The summed E-state index contributed by atoms with van der Waals surface area (Å²) < 4.78 is 13.0. The van der Waals surface area contributed by atoms with Gasteiger partial charge in [-0.25, -0.2) is 4.39 Å². The molecule has 1 unspecified atom stereocenters. The number of fused-ring (bicyclic) bond motifs is 1. The molecule has 0 radical (unpaired) electrons. The van der Waals surface area contributed by atoms with Crippen LogP contribution < -0.4 is 10.6 Å². The maximum atomic E-state index is 13.0. The highest BCUT2D eigenvalue weighted by Crippen LogP contribution is 2.17. The van der Waals surface area contributed by atoms with Crippen LogP contribution in [0.2, 0.25) is 0 Å². The van der Waals surface area contributed by atoms with Gasteiger partial charge in [0.2, 0.25) is 0 Å². The van der Waals surface area contributed by atoms with Crippen LogP contribution in [0.15, 0.2) is 18.2 Å². The summed E-state index contributed by atoms with van der Waals surface area (Å²) in [5.74, 6) is -0.138. The molecule has 1 aliphatic rings. The van der Waals surface area contributed by atoms with Gasteiger partial charge in [-0.3, -0.25) is 0 Å². The van der Waals surface area contributed by atoms with Gasteiger partial charge >= 0.3 is 0 Å². The van der Waals surface area contributed by atoms with Gasteiger partial charge in [-0.05, 0) is 36.2 Å². The van der Waals surface area contributed by atoms with Gasteiger partial charge in [-0.1, -0.05) is 13.0 Å². The van der Waals surface area contributed by atoms with Crippen LogP contribution in [0.3, 0.4) is 0 Å². The SMILES string of the molecule is CCNCC1Cc2ccc(F)cc2CN1. The Morgan fingerprint density at radius 3 is 3.13 bits per heavy atom. The van der Waals surface area contributed by atoms with Crippen LogP contribution in [0.4, 0.5) is 4.39 Å². The van der Waals surface area contributed by atoms with E-state index in [1.54, 1.807) is 12.1 Å². The maximum Gasteiger partial charge on any atom is 0.123 e. The lowest BCUT2D eigenvalue weighted by molar-refractivity contribution is 0.451. The van der Waals surface area contributed by atoms with E-state index in [9.17, 15) is 4.39 Å². The normalized spacial score (nSPS) is 20.0. The van der Waals surface area contributed by atoms with Crippen LogP contribution in [0.1, 0.15) is 18.1 Å². The summed E-state index contributed by atoms with van der Waals surface area (Å²) >= 11 is 0. The lowest BCUT2D eigenvalue weighted by Crippen LogP contribution is -2.42. The molecule has 1 aromatic rings. The highest BCUT2D eigenvalue weighted by Gasteiger charge is 2.17. The second-order valence-corrected chi connectivity index (χ2v) is 4.00. The first-order valence-corrected chi connectivity index (χ1v) is 5.51. The predicted molar refractivity (Wildman–Crippen MR) is 59.3 cm³/mol. The zero-order chi connectivity index (χ0) is 10.7. The van der Waals surface area contributed by atoms with E-state index in [2.05, 4.69) is 17.6 Å². The van der Waals surface area contributed by atoms with E-state index in [1.807, 2.05) is 6.07 Å². The molecule has 0 fully saturated rings. The molecule has 15 heavy (non-hydrogen) atoms. The fourth-order valence-corrected chi connectivity index (χ4v) is 2.01. The molecular weight excluding hydrogens is 191 g/mol. The van der Waals surface area contributed by atoms with Crippen molar-refractivity contribution < 1.29 is 4.39 Å². The van der Waals surface area contributed by atoms with Gasteiger partial charge in [-0.2, -0.15) is 0 Å². The lowest BCUT2D eigenvalue weighted by Gasteiger charge is -2.26. The number of nitrogens with one attached hydrogen (secondary N) is 2. The number of hydrogen-bond acceptors (Lipinski definition) is 2. The van der Waals surface area contributed by atoms with Gasteiger partial charge < -0.3 is 10.6 Å². The topological polar surface area (TPSA) is 24.1 Å². The molecule has 2 nitrogen and oxygen atoms in total. The molecule has 0 bridgehead atoms. The van der Waals surface area contributed by atoms with Crippen molar-refractivity contribution in [3.63, 3.8) is 0 Å². The van der Waals surface area contributed by atoms with Gasteiger partial charge in [0.05, 0.1) is 0 Å². The van der Waals surface area contributed by atoms with Crippen molar-refractivity contribution in [3.05, 3.63) is 35.1 Å². The van der Waals surface area contributed by atoms with Gasteiger partial charge in [0.25, 0.3) is 0 Å². The molecule has 0 saturated carbocycles. The summed E-state index contributed by atoms with van der Waals surface area (Å²) in [6, 6.07) is 5.56. The third-order valence-electron chi connectivity index (χ3n) is 2.86. The first-order valence-electron chi connectivity index (χ1n) is 5.51. The molecule has 1 atom stereocenters. The lowest BCUT2D eigenvalue weighted by atomic mass is 9.96. The minimum atomic E-state index is -0.138. The molecule has 0 amide bonds. The molecule has 1 aliphatic heterocycles. The van der Waals surface area contributed by atoms with Crippen LogP contribution in [-0.4, -0.2) is 19.1 Å². The van der Waals surface area contributed by atoms with Crippen molar-refractivity contribution in [2.75, 3.05) is 13.1 Å². The highest BCUT2D eigenvalue weighted by molar-refractivity contribution is 5.30. The smallest absolute Gasteiger partial charge is 0.123 e. The summed E-state index contributed by atoms with van der Waals surface area (Å²) in [5, 5.41) is 6.73. The zero-order valence-electron chi connectivity index (χ0n) is 9.02. The fraction of sp³-hybridized carbons (Fsp3) is 0.500. The largest absolute Gasteiger partial charge is 0.315 e. The second kappa shape index (κ2) is 4.73. The molecular formula is C12H17FN2. The number of halogens is 1. The van der Waals surface area contributed by atoms with Crippen molar-refractivity contribution in [2.24, 2.45) is 0 Å². The Morgan fingerprint density at radius 2 is 2.33 bits per heavy atom. The second-order valence-electron chi connectivity index (χ2n) is 4.00. The Labute approximate surface area is 89.9 Å². The molecule has 3 heteroatoms. The predicted octanol–water partition coefficient (Wildman–Crippen LogP) is 1.45. The van der Waals surface area contributed by atoms with E-state index >= 15 is 0 Å². The van der Waals surface area contributed by atoms with Crippen LogP contribution >= 0.6 is 0 Å². The van der Waals surface area contributed by atoms with Crippen molar-refractivity contribution in [1.82, 2.24) is 10.6 Å². The molecule has 1 heterocycles. The number of likely N-dealkylation sites (N-methyl/N-ethyl adjacent to an activating group) is 1. The van der Waals surface area contributed by atoms with Crippen LogP contribution in [-0.2, 0) is 13.0 Å². The van der Waals surface area contributed by atoms with Crippen molar-refractivity contribution >= 4 is 0 Å². The zero-order valence-corrected chi connectivity index (χ0v) is 9.02. The monoisotopic (exact) mass is 208 g/mol. The number of benzene rings is 1. The van der Waals surface area contributed by atoms with Crippen LogP contribution in [0.25, 0.3) is 0 Å².